The molecule has 0 N–H and O–H groups in total. The second-order valence-corrected chi connectivity index (χ2v) is 3.62. The third kappa shape index (κ3) is 1.55. The first-order chi connectivity index (χ1) is 6.79. The van der Waals surface area contributed by atoms with E-state index in [4.69, 9.17) is 0 Å². The first kappa shape index (κ1) is 9.00. The summed E-state index contributed by atoms with van der Waals surface area (Å²) in [7, 11) is 0. The molecule has 14 heavy (non-hydrogen) atoms. The number of hydrogen-bond donors (Lipinski definition) is 0. The number of benzene rings is 1. The summed E-state index contributed by atoms with van der Waals surface area (Å²) in [6.45, 7) is 4.32. The maximum atomic E-state index is 4.37. The van der Waals surface area contributed by atoms with Crippen molar-refractivity contribution >= 4 is 0 Å². The van der Waals surface area contributed by atoms with Crippen LogP contribution < -0.4 is 0 Å². The highest BCUT2D eigenvalue weighted by atomic mass is 15.1. The summed E-state index contributed by atoms with van der Waals surface area (Å²) in [4.78, 5) is 4.37. The fourth-order valence-corrected chi connectivity index (χ4v) is 1.54. The molecular formula is C12H14N2. The SMILES string of the molecule is CC(C)n1ccnc1-c1ccccc1. The average Bonchev–Trinajstić information content (AvgIpc) is 2.67. The van der Waals surface area contributed by atoms with Crippen molar-refractivity contribution in [3.05, 3.63) is 42.7 Å². The van der Waals surface area contributed by atoms with Crippen LogP contribution in [0.15, 0.2) is 42.7 Å². The molecule has 0 bridgehead atoms. The van der Waals surface area contributed by atoms with Gasteiger partial charge in [0.15, 0.2) is 0 Å². The molecule has 0 spiro atoms. The average molecular weight is 186 g/mol. The van der Waals surface area contributed by atoms with Gasteiger partial charge in [0, 0.05) is 24.0 Å². The van der Waals surface area contributed by atoms with Crippen molar-refractivity contribution in [2.45, 2.75) is 19.9 Å². The zero-order chi connectivity index (χ0) is 9.97. The molecule has 0 saturated heterocycles. The van der Waals surface area contributed by atoms with E-state index in [2.05, 4.69) is 35.5 Å². The fraction of sp³-hybridized carbons (Fsp3) is 0.250. The molecule has 0 aliphatic heterocycles. The predicted octanol–water partition coefficient (Wildman–Crippen LogP) is 3.13. The Morgan fingerprint density at radius 3 is 2.50 bits per heavy atom. The smallest absolute Gasteiger partial charge is 0.140 e. The molecule has 0 atom stereocenters. The highest BCUT2D eigenvalue weighted by Crippen LogP contribution is 2.19. The summed E-state index contributed by atoms with van der Waals surface area (Å²) in [5, 5.41) is 0. The van der Waals surface area contributed by atoms with Gasteiger partial charge in [-0.05, 0) is 13.8 Å². The van der Waals surface area contributed by atoms with Crippen molar-refractivity contribution in [1.82, 2.24) is 9.55 Å². The topological polar surface area (TPSA) is 17.8 Å². The molecule has 0 radical (unpaired) electrons. The van der Waals surface area contributed by atoms with Crippen molar-refractivity contribution < 1.29 is 0 Å². The van der Waals surface area contributed by atoms with Gasteiger partial charge in [-0.3, -0.25) is 0 Å². The number of aromatic nitrogens is 2. The summed E-state index contributed by atoms with van der Waals surface area (Å²) in [5.41, 5.74) is 1.17. The lowest BCUT2D eigenvalue weighted by atomic mass is 10.2. The molecule has 1 aromatic carbocycles. The second kappa shape index (κ2) is 3.66. The van der Waals surface area contributed by atoms with Gasteiger partial charge in [0.05, 0.1) is 0 Å². The van der Waals surface area contributed by atoms with Crippen LogP contribution in [0, 0.1) is 0 Å². The van der Waals surface area contributed by atoms with E-state index in [0.29, 0.717) is 6.04 Å². The number of rotatable bonds is 2. The van der Waals surface area contributed by atoms with Crippen LogP contribution in [0.25, 0.3) is 11.4 Å². The Labute approximate surface area is 84.2 Å². The molecular weight excluding hydrogens is 172 g/mol. The van der Waals surface area contributed by atoms with E-state index < -0.39 is 0 Å². The summed E-state index contributed by atoms with van der Waals surface area (Å²) < 4.78 is 2.18. The molecule has 0 aliphatic rings. The monoisotopic (exact) mass is 186 g/mol. The molecule has 2 aromatic rings. The van der Waals surface area contributed by atoms with E-state index in [0.717, 1.165) is 5.82 Å². The third-order valence-electron chi connectivity index (χ3n) is 2.26. The number of nitrogens with zero attached hydrogens (tertiary/aromatic N) is 2. The first-order valence-corrected chi connectivity index (χ1v) is 4.87. The lowest BCUT2D eigenvalue weighted by Crippen LogP contribution is -2.01. The van der Waals surface area contributed by atoms with Gasteiger partial charge in [-0.15, -0.1) is 0 Å². The minimum Gasteiger partial charge on any atom is -0.328 e. The highest BCUT2D eigenvalue weighted by Gasteiger charge is 2.06. The van der Waals surface area contributed by atoms with Gasteiger partial charge in [-0.25, -0.2) is 4.98 Å². The van der Waals surface area contributed by atoms with Crippen LogP contribution in [0.5, 0.6) is 0 Å². The number of imidazole rings is 1. The Balaban J connectivity index is 2.47. The van der Waals surface area contributed by atoms with Crippen LogP contribution in [0.3, 0.4) is 0 Å². The van der Waals surface area contributed by atoms with Crippen LogP contribution in [0.4, 0.5) is 0 Å². The maximum absolute atomic E-state index is 4.37. The van der Waals surface area contributed by atoms with Crippen molar-refractivity contribution in [2.75, 3.05) is 0 Å². The molecule has 72 valence electrons. The highest BCUT2D eigenvalue weighted by molar-refractivity contribution is 5.55. The van der Waals surface area contributed by atoms with Crippen LogP contribution in [-0.4, -0.2) is 9.55 Å². The minimum atomic E-state index is 0.452. The van der Waals surface area contributed by atoms with Gasteiger partial charge in [-0.1, -0.05) is 30.3 Å². The molecule has 0 saturated carbocycles. The molecule has 0 amide bonds. The Hall–Kier alpha value is -1.57. The largest absolute Gasteiger partial charge is 0.328 e. The summed E-state index contributed by atoms with van der Waals surface area (Å²) >= 11 is 0. The molecule has 0 unspecified atom stereocenters. The third-order valence-corrected chi connectivity index (χ3v) is 2.26. The van der Waals surface area contributed by atoms with E-state index in [1.54, 1.807) is 0 Å². The van der Waals surface area contributed by atoms with Crippen molar-refractivity contribution in [3.63, 3.8) is 0 Å². The van der Waals surface area contributed by atoms with Crippen molar-refractivity contribution in [3.8, 4) is 11.4 Å². The Bertz CT molecular complexity index is 401. The lowest BCUT2D eigenvalue weighted by Gasteiger charge is -2.10. The van der Waals surface area contributed by atoms with Gasteiger partial charge >= 0.3 is 0 Å². The molecule has 0 fully saturated rings. The first-order valence-electron chi connectivity index (χ1n) is 4.87. The normalized spacial score (nSPS) is 10.8. The minimum absolute atomic E-state index is 0.452. The van der Waals surface area contributed by atoms with Gasteiger partial charge < -0.3 is 4.57 Å². The molecule has 2 heteroatoms. The maximum Gasteiger partial charge on any atom is 0.140 e. The molecule has 2 rings (SSSR count). The van der Waals surface area contributed by atoms with Crippen molar-refractivity contribution in [1.29, 1.82) is 0 Å². The van der Waals surface area contributed by atoms with Crippen molar-refractivity contribution in [2.24, 2.45) is 0 Å². The van der Waals surface area contributed by atoms with Crippen LogP contribution in [0.2, 0.25) is 0 Å². The van der Waals surface area contributed by atoms with Crippen LogP contribution >= 0.6 is 0 Å². The van der Waals surface area contributed by atoms with E-state index in [-0.39, 0.29) is 0 Å². The number of hydrogen-bond acceptors (Lipinski definition) is 1. The summed E-state index contributed by atoms with van der Waals surface area (Å²) in [5.74, 6) is 1.04. The van der Waals surface area contributed by atoms with Crippen LogP contribution in [0.1, 0.15) is 19.9 Å². The van der Waals surface area contributed by atoms with Gasteiger partial charge in [0.1, 0.15) is 5.82 Å². The Kier molecular flexibility index (Phi) is 2.35. The second-order valence-electron chi connectivity index (χ2n) is 3.62. The van der Waals surface area contributed by atoms with E-state index >= 15 is 0 Å². The quantitative estimate of drug-likeness (QED) is 0.704. The standard InChI is InChI=1S/C12H14N2/c1-10(2)14-9-8-13-12(14)11-6-4-3-5-7-11/h3-10H,1-2H3. The predicted molar refractivity (Wildman–Crippen MR) is 58.0 cm³/mol. The molecule has 1 heterocycles. The van der Waals surface area contributed by atoms with E-state index in [1.807, 2.05) is 30.6 Å². The van der Waals surface area contributed by atoms with E-state index in [1.165, 1.54) is 5.56 Å². The van der Waals surface area contributed by atoms with E-state index in [9.17, 15) is 0 Å². The summed E-state index contributed by atoms with van der Waals surface area (Å²) in [6, 6.07) is 10.7. The molecule has 2 nitrogen and oxygen atoms in total. The van der Waals surface area contributed by atoms with Gasteiger partial charge in [-0.2, -0.15) is 0 Å². The fourth-order valence-electron chi connectivity index (χ4n) is 1.54. The summed E-state index contributed by atoms with van der Waals surface area (Å²) in [6.07, 6.45) is 3.87. The Morgan fingerprint density at radius 2 is 1.86 bits per heavy atom. The van der Waals surface area contributed by atoms with Crippen LogP contribution in [-0.2, 0) is 0 Å². The lowest BCUT2D eigenvalue weighted by molar-refractivity contribution is 0.606. The zero-order valence-corrected chi connectivity index (χ0v) is 8.51. The van der Waals surface area contributed by atoms with Gasteiger partial charge in [0.2, 0.25) is 0 Å². The van der Waals surface area contributed by atoms with Gasteiger partial charge in [0.25, 0.3) is 0 Å². The Morgan fingerprint density at radius 1 is 1.14 bits per heavy atom. The molecule has 1 aromatic heterocycles. The molecule has 0 aliphatic carbocycles. The zero-order valence-electron chi connectivity index (χ0n) is 8.51.